The molecule has 1 nitrogen and oxygen atoms in total. The Kier molecular flexibility index (Phi) is 4.89. The van der Waals surface area contributed by atoms with E-state index in [4.69, 9.17) is 17.3 Å². The minimum absolute atomic E-state index is 0.342. The van der Waals surface area contributed by atoms with Crippen LogP contribution in [-0.4, -0.2) is 6.54 Å². The number of nitrogens with two attached hydrogens (primary N) is 1. The van der Waals surface area contributed by atoms with Crippen molar-refractivity contribution in [1.29, 1.82) is 0 Å². The zero-order valence-corrected chi connectivity index (χ0v) is 12.0. The predicted octanol–water partition coefficient (Wildman–Crippen LogP) is 4.63. The van der Waals surface area contributed by atoms with Crippen molar-refractivity contribution < 1.29 is 0 Å². The lowest BCUT2D eigenvalue weighted by Crippen LogP contribution is -2.33. The Morgan fingerprint density at radius 1 is 1.12 bits per heavy atom. The first-order valence-electron chi connectivity index (χ1n) is 6.68. The highest BCUT2D eigenvalue weighted by molar-refractivity contribution is 7.16. The molecule has 1 aliphatic rings. The minimum atomic E-state index is 0.342. The Balaban J connectivity index is 2.05. The van der Waals surface area contributed by atoms with Crippen molar-refractivity contribution in [3.05, 3.63) is 21.3 Å². The van der Waals surface area contributed by atoms with Crippen molar-refractivity contribution in [1.82, 2.24) is 0 Å². The molecule has 0 saturated heterocycles. The van der Waals surface area contributed by atoms with Gasteiger partial charge in [0.15, 0.2) is 0 Å². The van der Waals surface area contributed by atoms with Crippen molar-refractivity contribution in [3.8, 4) is 0 Å². The fourth-order valence-corrected chi connectivity index (χ4v) is 4.19. The molecule has 0 aromatic carbocycles. The van der Waals surface area contributed by atoms with Crippen LogP contribution in [0.4, 0.5) is 0 Å². The average molecular weight is 272 g/mol. The molecular weight excluding hydrogens is 250 g/mol. The van der Waals surface area contributed by atoms with E-state index in [1.54, 1.807) is 11.3 Å². The van der Waals surface area contributed by atoms with E-state index in [2.05, 4.69) is 6.07 Å². The van der Waals surface area contributed by atoms with Crippen LogP contribution >= 0.6 is 22.9 Å². The van der Waals surface area contributed by atoms with Crippen LogP contribution in [0.3, 0.4) is 0 Å². The topological polar surface area (TPSA) is 26.0 Å². The summed E-state index contributed by atoms with van der Waals surface area (Å²) in [5, 5.41) is 0. The molecule has 96 valence electrons. The van der Waals surface area contributed by atoms with Gasteiger partial charge in [0.05, 0.1) is 4.34 Å². The van der Waals surface area contributed by atoms with Crippen molar-refractivity contribution >= 4 is 22.9 Å². The number of hydrogen-bond acceptors (Lipinski definition) is 2. The fraction of sp³-hybridized carbons (Fsp3) is 0.714. The first-order chi connectivity index (χ1) is 8.24. The Hall–Kier alpha value is -0.0500. The average Bonchev–Trinajstić information content (AvgIpc) is 2.68. The highest BCUT2D eigenvalue weighted by atomic mass is 35.5. The van der Waals surface area contributed by atoms with Crippen LogP contribution in [0.5, 0.6) is 0 Å². The lowest BCUT2D eigenvalue weighted by Gasteiger charge is -2.34. The highest BCUT2D eigenvalue weighted by Gasteiger charge is 2.29. The maximum absolute atomic E-state index is 6.08. The Morgan fingerprint density at radius 3 is 2.29 bits per heavy atom. The van der Waals surface area contributed by atoms with E-state index in [0.717, 1.165) is 17.3 Å². The van der Waals surface area contributed by atoms with Gasteiger partial charge in [-0.2, -0.15) is 0 Å². The Labute approximate surface area is 113 Å². The molecule has 2 N–H and O–H groups in total. The SMILES string of the molecule is NCC1(Cc2ccc(Cl)s2)CCCCCCC1. The molecule has 1 fully saturated rings. The lowest BCUT2D eigenvalue weighted by atomic mass is 9.73. The second kappa shape index (κ2) is 6.21. The monoisotopic (exact) mass is 271 g/mol. The molecular formula is C14H22ClNS. The van der Waals surface area contributed by atoms with Crippen LogP contribution < -0.4 is 5.73 Å². The molecule has 1 aliphatic carbocycles. The van der Waals surface area contributed by atoms with Gasteiger partial charge in [-0.05, 0) is 43.4 Å². The minimum Gasteiger partial charge on any atom is -0.330 e. The molecule has 0 atom stereocenters. The van der Waals surface area contributed by atoms with Crippen LogP contribution in [0.2, 0.25) is 4.34 Å². The van der Waals surface area contributed by atoms with Gasteiger partial charge >= 0.3 is 0 Å². The molecule has 0 radical (unpaired) electrons. The first kappa shape index (κ1) is 13.4. The molecule has 2 rings (SSSR count). The molecule has 0 amide bonds. The van der Waals surface area contributed by atoms with E-state index in [-0.39, 0.29) is 0 Å². The predicted molar refractivity (Wildman–Crippen MR) is 76.8 cm³/mol. The van der Waals surface area contributed by atoms with Crippen molar-refractivity contribution in [2.24, 2.45) is 11.1 Å². The maximum Gasteiger partial charge on any atom is 0.0931 e. The van der Waals surface area contributed by atoms with Gasteiger partial charge in [0.2, 0.25) is 0 Å². The van der Waals surface area contributed by atoms with Gasteiger partial charge in [-0.3, -0.25) is 0 Å². The summed E-state index contributed by atoms with van der Waals surface area (Å²) in [6.45, 7) is 0.822. The van der Waals surface area contributed by atoms with Crippen LogP contribution in [0.1, 0.15) is 49.8 Å². The van der Waals surface area contributed by atoms with Gasteiger partial charge in [0, 0.05) is 4.88 Å². The van der Waals surface area contributed by atoms with Crippen molar-refractivity contribution in [3.63, 3.8) is 0 Å². The maximum atomic E-state index is 6.08. The summed E-state index contributed by atoms with van der Waals surface area (Å²) in [6, 6.07) is 4.18. The number of halogens is 1. The number of rotatable bonds is 3. The quantitative estimate of drug-likeness (QED) is 0.852. The molecule has 3 heteroatoms. The van der Waals surface area contributed by atoms with Gasteiger partial charge in [-0.15, -0.1) is 11.3 Å². The highest BCUT2D eigenvalue weighted by Crippen LogP contribution is 2.38. The Bertz CT molecular complexity index is 340. The first-order valence-corrected chi connectivity index (χ1v) is 7.88. The molecule has 0 aliphatic heterocycles. The van der Waals surface area contributed by atoms with Gasteiger partial charge in [0.1, 0.15) is 0 Å². The molecule has 17 heavy (non-hydrogen) atoms. The number of hydrogen-bond donors (Lipinski definition) is 1. The third-order valence-corrected chi connectivity index (χ3v) is 5.26. The van der Waals surface area contributed by atoms with Crippen LogP contribution in [0, 0.1) is 5.41 Å². The standard InChI is InChI=1S/C14H22ClNS/c15-13-7-6-12(17-13)10-14(11-16)8-4-2-1-3-5-9-14/h6-7H,1-5,8-11,16H2. The third kappa shape index (κ3) is 3.70. The molecule has 0 unspecified atom stereocenters. The third-order valence-electron chi connectivity index (χ3n) is 4.03. The van der Waals surface area contributed by atoms with Gasteiger partial charge < -0.3 is 5.73 Å². The van der Waals surface area contributed by atoms with Crippen LogP contribution in [0.15, 0.2) is 12.1 Å². The largest absolute Gasteiger partial charge is 0.330 e. The summed E-state index contributed by atoms with van der Waals surface area (Å²) in [5.74, 6) is 0. The van der Waals surface area contributed by atoms with Crippen LogP contribution in [-0.2, 0) is 6.42 Å². The van der Waals surface area contributed by atoms with E-state index in [0.29, 0.717) is 5.41 Å². The van der Waals surface area contributed by atoms with Gasteiger partial charge in [-0.1, -0.05) is 43.7 Å². The van der Waals surface area contributed by atoms with Crippen molar-refractivity contribution in [2.45, 2.75) is 51.4 Å². The zero-order chi connectivity index (χ0) is 12.1. The molecule has 0 bridgehead atoms. The van der Waals surface area contributed by atoms with Gasteiger partial charge in [-0.25, -0.2) is 0 Å². The summed E-state index contributed by atoms with van der Waals surface area (Å²) in [6.07, 6.45) is 10.6. The van der Waals surface area contributed by atoms with E-state index in [1.807, 2.05) is 6.07 Å². The van der Waals surface area contributed by atoms with Gasteiger partial charge in [0.25, 0.3) is 0 Å². The molecule has 1 aromatic heterocycles. The van der Waals surface area contributed by atoms with E-state index >= 15 is 0 Å². The molecule has 1 saturated carbocycles. The smallest absolute Gasteiger partial charge is 0.0931 e. The summed E-state index contributed by atoms with van der Waals surface area (Å²) >= 11 is 7.73. The van der Waals surface area contributed by atoms with Crippen LogP contribution in [0.25, 0.3) is 0 Å². The zero-order valence-electron chi connectivity index (χ0n) is 10.4. The number of thiophene rings is 1. The summed E-state index contributed by atoms with van der Waals surface area (Å²) in [7, 11) is 0. The van der Waals surface area contributed by atoms with E-state index in [1.165, 1.54) is 49.8 Å². The summed E-state index contributed by atoms with van der Waals surface area (Å²) < 4.78 is 0.901. The molecule has 1 heterocycles. The van der Waals surface area contributed by atoms with Crippen molar-refractivity contribution in [2.75, 3.05) is 6.54 Å². The fourth-order valence-electron chi connectivity index (χ4n) is 2.92. The normalized spacial score (nSPS) is 20.8. The lowest BCUT2D eigenvalue weighted by molar-refractivity contribution is 0.218. The second-order valence-electron chi connectivity index (χ2n) is 5.35. The van der Waals surface area contributed by atoms with E-state index in [9.17, 15) is 0 Å². The molecule has 1 aromatic rings. The molecule has 0 spiro atoms. The Morgan fingerprint density at radius 2 is 1.76 bits per heavy atom. The second-order valence-corrected chi connectivity index (χ2v) is 7.15. The summed E-state index contributed by atoms with van der Waals surface area (Å²) in [4.78, 5) is 1.40. The van der Waals surface area contributed by atoms with E-state index < -0.39 is 0 Å². The summed E-state index contributed by atoms with van der Waals surface area (Å²) in [5.41, 5.74) is 6.43.